The van der Waals surface area contributed by atoms with E-state index >= 15 is 0 Å². The van der Waals surface area contributed by atoms with Crippen LogP contribution in [0.15, 0.2) is 18.6 Å². The Morgan fingerprint density at radius 1 is 1.44 bits per heavy atom. The normalized spacial score (nSPS) is 21.3. The molecule has 5 heteroatoms. The lowest BCUT2D eigenvalue weighted by atomic mass is 10.1. The minimum absolute atomic E-state index is 0.00769. The molecule has 98 valence electrons. The van der Waals surface area contributed by atoms with Gasteiger partial charge in [-0.15, -0.1) is 0 Å². The van der Waals surface area contributed by atoms with E-state index in [0.29, 0.717) is 11.7 Å². The van der Waals surface area contributed by atoms with Crippen LogP contribution in [0.1, 0.15) is 31.3 Å². The zero-order valence-corrected chi connectivity index (χ0v) is 11.2. The Hall–Kier alpha value is -1.49. The molecule has 1 aliphatic rings. The van der Waals surface area contributed by atoms with Crippen LogP contribution >= 0.6 is 0 Å². The summed E-state index contributed by atoms with van der Waals surface area (Å²) in [5.41, 5.74) is 0.481. The molecule has 0 aromatic carbocycles. The van der Waals surface area contributed by atoms with Crippen LogP contribution in [0.3, 0.4) is 0 Å². The summed E-state index contributed by atoms with van der Waals surface area (Å²) in [7, 11) is 0. The van der Waals surface area contributed by atoms with Gasteiger partial charge in [0.15, 0.2) is 0 Å². The molecular weight excluding hydrogens is 228 g/mol. The monoisotopic (exact) mass is 248 g/mol. The van der Waals surface area contributed by atoms with Crippen LogP contribution < -0.4 is 0 Å². The Bertz CT molecular complexity index is 407. The van der Waals surface area contributed by atoms with Gasteiger partial charge in [-0.3, -0.25) is 9.69 Å². The summed E-state index contributed by atoms with van der Waals surface area (Å²) in [6.07, 6.45) is 3.03. The molecule has 0 bridgehead atoms. The molecule has 5 nitrogen and oxygen atoms in total. The van der Waals surface area contributed by atoms with Gasteiger partial charge in [0.05, 0.1) is 0 Å². The first-order valence-corrected chi connectivity index (χ1v) is 6.40. The van der Waals surface area contributed by atoms with Crippen LogP contribution in [-0.4, -0.2) is 57.4 Å². The number of carbonyl (C=O) groups is 1. The number of aromatic nitrogens is 2. The SMILES string of the molecule is CC(C)N1CCN(C(=O)c2ccncn2)[C@H](C)C1. The molecule has 2 heterocycles. The molecule has 1 fully saturated rings. The first-order valence-electron chi connectivity index (χ1n) is 6.40. The third-order valence-electron chi connectivity index (χ3n) is 3.45. The molecule has 1 aromatic heterocycles. The Balaban J connectivity index is 2.05. The lowest BCUT2D eigenvalue weighted by molar-refractivity contribution is 0.0420. The van der Waals surface area contributed by atoms with Crippen LogP contribution in [0.4, 0.5) is 0 Å². The average molecular weight is 248 g/mol. The summed E-state index contributed by atoms with van der Waals surface area (Å²) in [6, 6.07) is 2.43. The van der Waals surface area contributed by atoms with E-state index < -0.39 is 0 Å². The molecule has 1 aliphatic heterocycles. The fourth-order valence-corrected chi connectivity index (χ4v) is 2.32. The zero-order chi connectivity index (χ0) is 13.1. The summed E-state index contributed by atoms with van der Waals surface area (Å²) in [5, 5.41) is 0. The first-order chi connectivity index (χ1) is 8.59. The van der Waals surface area contributed by atoms with Gasteiger partial charge >= 0.3 is 0 Å². The minimum atomic E-state index is 0.00769. The van der Waals surface area contributed by atoms with Crippen molar-refractivity contribution in [2.75, 3.05) is 19.6 Å². The smallest absolute Gasteiger partial charge is 0.272 e. The van der Waals surface area contributed by atoms with E-state index in [4.69, 9.17) is 0 Å². The molecule has 18 heavy (non-hydrogen) atoms. The molecule has 1 amide bonds. The van der Waals surface area contributed by atoms with Crippen LogP contribution in [0.5, 0.6) is 0 Å². The van der Waals surface area contributed by atoms with Gasteiger partial charge < -0.3 is 4.90 Å². The summed E-state index contributed by atoms with van der Waals surface area (Å²) < 4.78 is 0. The van der Waals surface area contributed by atoms with E-state index in [9.17, 15) is 4.79 Å². The van der Waals surface area contributed by atoms with Crippen LogP contribution in [0.25, 0.3) is 0 Å². The Morgan fingerprint density at radius 3 is 2.78 bits per heavy atom. The van der Waals surface area contributed by atoms with E-state index in [0.717, 1.165) is 19.6 Å². The molecular formula is C13H20N4O. The number of rotatable bonds is 2. The second-order valence-corrected chi connectivity index (χ2v) is 5.03. The van der Waals surface area contributed by atoms with Crippen LogP contribution in [-0.2, 0) is 0 Å². The zero-order valence-electron chi connectivity index (χ0n) is 11.2. The number of hydrogen-bond acceptors (Lipinski definition) is 4. The van der Waals surface area contributed by atoms with Crippen molar-refractivity contribution < 1.29 is 4.79 Å². The van der Waals surface area contributed by atoms with Crippen molar-refractivity contribution in [2.24, 2.45) is 0 Å². The van der Waals surface area contributed by atoms with Crippen molar-refractivity contribution in [3.63, 3.8) is 0 Å². The van der Waals surface area contributed by atoms with Gasteiger partial charge in [0.25, 0.3) is 5.91 Å². The fraction of sp³-hybridized carbons (Fsp3) is 0.615. The molecule has 0 unspecified atom stereocenters. The molecule has 0 spiro atoms. The predicted molar refractivity (Wildman–Crippen MR) is 69.2 cm³/mol. The van der Waals surface area contributed by atoms with Gasteiger partial charge in [-0.05, 0) is 26.8 Å². The first kappa shape index (κ1) is 13.0. The molecule has 1 aromatic rings. The standard InChI is InChI=1S/C13H20N4O/c1-10(2)16-6-7-17(11(3)8-16)13(18)12-4-5-14-9-15-12/h4-5,9-11H,6-8H2,1-3H3/t11-/m1/s1. The maximum absolute atomic E-state index is 12.3. The van der Waals surface area contributed by atoms with Gasteiger partial charge in [-0.2, -0.15) is 0 Å². The minimum Gasteiger partial charge on any atom is -0.332 e. The largest absolute Gasteiger partial charge is 0.332 e. The highest BCUT2D eigenvalue weighted by atomic mass is 16.2. The number of hydrogen-bond donors (Lipinski definition) is 0. The highest BCUT2D eigenvalue weighted by Gasteiger charge is 2.29. The molecule has 1 saturated heterocycles. The third-order valence-corrected chi connectivity index (χ3v) is 3.45. The molecule has 1 atom stereocenters. The van der Waals surface area contributed by atoms with E-state index in [-0.39, 0.29) is 11.9 Å². The molecule has 2 rings (SSSR count). The van der Waals surface area contributed by atoms with Crippen molar-refractivity contribution in [2.45, 2.75) is 32.9 Å². The van der Waals surface area contributed by atoms with Crippen LogP contribution in [0, 0.1) is 0 Å². The Labute approximate surface area is 108 Å². The number of carbonyl (C=O) groups excluding carboxylic acids is 1. The van der Waals surface area contributed by atoms with E-state index in [1.807, 2.05) is 4.90 Å². The van der Waals surface area contributed by atoms with Gasteiger partial charge in [-0.1, -0.05) is 0 Å². The van der Waals surface area contributed by atoms with Crippen molar-refractivity contribution >= 4 is 5.91 Å². The fourth-order valence-electron chi connectivity index (χ4n) is 2.32. The molecule has 0 aliphatic carbocycles. The number of piperazine rings is 1. The molecule has 0 N–H and O–H groups in total. The van der Waals surface area contributed by atoms with Crippen molar-refractivity contribution in [1.82, 2.24) is 19.8 Å². The van der Waals surface area contributed by atoms with E-state index in [1.165, 1.54) is 6.33 Å². The van der Waals surface area contributed by atoms with Crippen molar-refractivity contribution in [3.8, 4) is 0 Å². The Kier molecular flexibility index (Phi) is 3.91. The average Bonchev–Trinajstić information content (AvgIpc) is 2.38. The number of nitrogens with zero attached hydrogens (tertiary/aromatic N) is 4. The van der Waals surface area contributed by atoms with Gasteiger partial charge in [0, 0.05) is 37.9 Å². The number of amides is 1. The Morgan fingerprint density at radius 2 is 2.22 bits per heavy atom. The lowest BCUT2D eigenvalue weighted by Gasteiger charge is -2.41. The topological polar surface area (TPSA) is 49.3 Å². The molecule has 0 saturated carbocycles. The van der Waals surface area contributed by atoms with Crippen LogP contribution in [0.2, 0.25) is 0 Å². The van der Waals surface area contributed by atoms with Gasteiger partial charge in [0.2, 0.25) is 0 Å². The maximum Gasteiger partial charge on any atom is 0.272 e. The highest BCUT2D eigenvalue weighted by molar-refractivity contribution is 5.92. The van der Waals surface area contributed by atoms with Gasteiger partial charge in [-0.25, -0.2) is 9.97 Å². The van der Waals surface area contributed by atoms with E-state index in [1.54, 1.807) is 12.3 Å². The predicted octanol–water partition coefficient (Wildman–Crippen LogP) is 1.03. The maximum atomic E-state index is 12.3. The highest BCUT2D eigenvalue weighted by Crippen LogP contribution is 2.14. The molecule has 0 radical (unpaired) electrons. The van der Waals surface area contributed by atoms with Gasteiger partial charge in [0.1, 0.15) is 12.0 Å². The van der Waals surface area contributed by atoms with Crippen molar-refractivity contribution in [3.05, 3.63) is 24.3 Å². The summed E-state index contributed by atoms with van der Waals surface area (Å²) in [6.45, 7) is 9.09. The second-order valence-electron chi connectivity index (χ2n) is 5.03. The lowest BCUT2D eigenvalue weighted by Crippen LogP contribution is -2.55. The summed E-state index contributed by atoms with van der Waals surface area (Å²) in [4.78, 5) is 24.5. The summed E-state index contributed by atoms with van der Waals surface area (Å²) >= 11 is 0. The third kappa shape index (κ3) is 2.67. The van der Waals surface area contributed by atoms with E-state index in [2.05, 4.69) is 35.6 Å². The van der Waals surface area contributed by atoms with Crippen molar-refractivity contribution in [1.29, 1.82) is 0 Å². The quantitative estimate of drug-likeness (QED) is 0.784. The summed E-state index contributed by atoms with van der Waals surface area (Å²) in [5.74, 6) is 0.00769. The second kappa shape index (κ2) is 5.44.